The Morgan fingerprint density at radius 2 is 1.73 bits per heavy atom. The van der Waals surface area contributed by atoms with Gasteiger partial charge >= 0.3 is 6.18 Å². The van der Waals surface area contributed by atoms with Gasteiger partial charge in [0.2, 0.25) is 15.9 Å². The van der Waals surface area contributed by atoms with Crippen LogP contribution in [0.3, 0.4) is 0 Å². The number of sulfonamides is 1. The van der Waals surface area contributed by atoms with Crippen molar-refractivity contribution in [3.63, 3.8) is 0 Å². The molecule has 1 fully saturated rings. The van der Waals surface area contributed by atoms with Gasteiger partial charge in [0.15, 0.2) is 0 Å². The van der Waals surface area contributed by atoms with Crippen molar-refractivity contribution >= 4 is 33.1 Å². The molecular formula is C29H28F4N2O4S. The van der Waals surface area contributed by atoms with E-state index in [4.69, 9.17) is 0 Å². The first-order valence-corrected chi connectivity index (χ1v) is 14.5. The summed E-state index contributed by atoms with van der Waals surface area (Å²) in [5.74, 6) is -2.65. The molecule has 0 radical (unpaired) electrons. The normalized spacial score (nSPS) is 16.2. The number of aryl methyl sites for hydroxylation is 1. The van der Waals surface area contributed by atoms with Crippen molar-refractivity contribution in [2.24, 2.45) is 5.92 Å². The Hall–Kier alpha value is -3.73. The Bertz CT molecular complexity index is 1540. The minimum Gasteiger partial charge on any atom is -0.309 e. The molecule has 1 saturated heterocycles. The zero-order valence-electron chi connectivity index (χ0n) is 21.9. The number of rotatable bonds is 8. The van der Waals surface area contributed by atoms with Gasteiger partial charge in [0, 0.05) is 30.9 Å². The Morgan fingerprint density at radius 3 is 2.38 bits per heavy atom. The number of nitrogens with zero attached hydrogens (tertiary/aromatic N) is 1. The number of ketones is 1. The van der Waals surface area contributed by atoms with E-state index in [1.165, 1.54) is 24.3 Å². The number of piperidine rings is 1. The number of halogens is 4. The molecule has 0 unspecified atom stereocenters. The lowest BCUT2D eigenvalue weighted by molar-refractivity contribution is -0.137. The highest BCUT2D eigenvalue weighted by Crippen LogP contribution is 2.43. The molecule has 212 valence electrons. The highest BCUT2D eigenvalue weighted by atomic mass is 32.2. The highest BCUT2D eigenvalue weighted by Gasteiger charge is 2.38. The maximum Gasteiger partial charge on any atom is 0.417 e. The molecule has 0 saturated carbocycles. The number of alkyl halides is 3. The monoisotopic (exact) mass is 576 g/mol. The van der Waals surface area contributed by atoms with E-state index in [0.717, 1.165) is 22.3 Å². The summed E-state index contributed by atoms with van der Waals surface area (Å²) < 4.78 is 83.9. The average molecular weight is 577 g/mol. The fraction of sp³-hybridized carbons (Fsp3) is 0.310. The van der Waals surface area contributed by atoms with Gasteiger partial charge in [0.25, 0.3) is 0 Å². The van der Waals surface area contributed by atoms with Crippen molar-refractivity contribution in [3.8, 4) is 11.1 Å². The van der Waals surface area contributed by atoms with Crippen LogP contribution in [-0.4, -0.2) is 32.9 Å². The number of carbonyl (C=O) groups excluding carboxylic acids is 2. The number of hydrogen-bond acceptors (Lipinski definition) is 4. The lowest BCUT2D eigenvalue weighted by Gasteiger charge is -2.33. The number of benzene rings is 3. The SMILES string of the molecule is Cc1ccc(CC(=O)C[C@@H]2CCCN(c3cc(C(F)(F)F)c(-c4ccccc4NS(C)(=O)=O)cc3F)C2=O)cc1. The first-order chi connectivity index (χ1) is 18.7. The van der Waals surface area contributed by atoms with Gasteiger partial charge in [-0.05, 0) is 49.1 Å². The predicted molar refractivity (Wildman–Crippen MR) is 145 cm³/mol. The molecule has 0 aromatic heterocycles. The Balaban J connectivity index is 1.65. The summed E-state index contributed by atoms with van der Waals surface area (Å²) in [4.78, 5) is 27.0. The van der Waals surface area contributed by atoms with Crippen molar-refractivity contribution in [2.75, 3.05) is 22.4 Å². The van der Waals surface area contributed by atoms with E-state index in [-0.39, 0.29) is 36.4 Å². The number of para-hydroxylation sites is 1. The van der Waals surface area contributed by atoms with E-state index < -0.39 is 50.7 Å². The third kappa shape index (κ3) is 6.88. The Morgan fingerprint density at radius 1 is 1.05 bits per heavy atom. The highest BCUT2D eigenvalue weighted by molar-refractivity contribution is 7.92. The van der Waals surface area contributed by atoms with Crippen molar-refractivity contribution in [3.05, 3.63) is 83.2 Å². The zero-order chi connectivity index (χ0) is 29.2. The molecule has 3 aromatic rings. The standard InChI is InChI=1S/C29H28F4N2O4S/c1-18-9-11-19(12-10-18)14-21(36)15-20-6-5-13-35(28(20)37)27-17-24(29(31,32)33)23(16-25(27)30)22-7-3-4-8-26(22)34-40(2,38)39/h3-4,7-12,16-17,20,34H,5-6,13-15H2,1-2H3/t20-/m0/s1. The third-order valence-electron chi connectivity index (χ3n) is 6.74. The number of hydrogen-bond donors (Lipinski definition) is 1. The van der Waals surface area contributed by atoms with Gasteiger partial charge in [-0.1, -0.05) is 48.0 Å². The maximum atomic E-state index is 15.5. The summed E-state index contributed by atoms with van der Waals surface area (Å²) in [6.07, 6.45) is -3.32. The van der Waals surface area contributed by atoms with Crippen molar-refractivity contribution in [1.29, 1.82) is 0 Å². The summed E-state index contributed by atoms with van der Waals surface area (Å²) in [5, 5.41) is 0. The quantitative estimate of drug-likeness (QED) is 0.327. The molecule has 0 spiro atoms. The van der Waals surface area contributed by atoms with Crippen LogP contribution in [0, 0.1) is 18.7 Å². The van der Waals surface area contributed by atoms with Crippen LogP contribution in [0.1, 0.15) is 36.0 Å². The molecule has 1 N–H and O–H groups in total. The summed E-state index contributed by atoms with van der Waals surface area (Å²) in [7, 11) is -3.84. The van der Waals surface area contributed by atoms with Crippen molar-refractivity contribution in [1.82, 2.24) is 0 Å². The average Bonchev–Trinajstić information content (AvgIpc) is 2.85. The van der Waals surface area contributed by atoms with Gasteiger partial charge in [0.05, 0.1) is 23.2 Å². The summed E-state index contributed by atoms with van der Waals surface area (Å²) in [6, 6.07) is 14.0. The van der Waals surface area contributed by atoms with Gasteiger partial charge in [0.1, 0.15) is 11.6 Å². The summed E-state index contributed by atoms with van der Waals surface area (Å²) >= 11 is 0. The molecular weight excluding hydrogens is 548 g/mol. The maximum absolute atomic E-state index is 15.5. The van der Waals surface area contributed by atoms with Gasteiger partial charge in [-0.25, -0.2) is 12.8 Å². The number of carbonyl (C=O) groups is 2. The fourth-order valence-corrected chi connectivity index (χ4v) is 5.47. The van der Waals surface area contributed by atoms with Crippen LogP contribution in [0.2, 0.25) is 0 Å². The van der Waals surface area contributed by atoms with E-state index in [1.807, 2.05) is 31.2 Å². The first-order valence-electron chi connectivity index (χ1n) is 12.6. The van der Waals surface area contributed by atoms with E-state index in [2.05, 4.69) is 4.72 Å². The van der Waals surface area contributed by atoms with Crippen LogP contribution >= 0.6 is 0 Å². The molecule has 1 aliphatic rings. The largest absolute Gasteiger partial charge is 0.417 e. The smallest absolute Gasteiger partial charge is 0.309 e. The minimum atomic E-state index is -4.95. The second kappa shape index (κ2) is 11.4. The zero-order valence-corrected chi connectivity index (χ0v) is 22.7. The number of Topliss-reactive ketones (excluding diaryl/α,β-unsaturated/α-hetero) is 1. The van der Waals surface area contributed by atoms with Crippen LogP contribution in [-0.2, 0) is 32.2 Å². The molecule has 6 nitrogen and oxygen atoms in total. The number of nitrogens with one attached hydrogen (secondary N) is 1. The number of anilines is 2. The predicted octanol–water partition coefficient (Wildman–Crippen LogP) is 6.14. The van der Waals surface area contributed by atoms with Crippen LogP contribution in [0.15, 0.2) is 60.7 Å². The molecule has 1 aliphatic heterocycles. The van der Waals surface area contributed by atoms with Gasteiger partial charge in [-0.15, -0.1) is 0 Å². The van der Waals surface area contributed by atoms with Gasteiger partial charge in [-0.3, -0.25) is 14.3 Å². The molecule has 40 heavy (non-hydrogen) atoms. The topological polar surface area (TPSA) is 83.6 Å². The molecule has 11 heteroatoms. The van der Waals surface area contributed by atoms with Crippen molar-refractivity contribution < 1.29 is 35.6 Å². The fourth-order valence-electron chi connectivity index (χ4n) is 4.89. The van der Waals surface area contributed by atoms with Crippen LogP contribution in [0.5, 0.6) is 0 Å². The van der Waals surface area contributed by atoms with E-state index in [0.29, 0.717) is 25.0 Å². The Labute approximate surface area is 230 Å². The van der Waals surface area contributed by atoms with Crippen LogP contribution in [0.4, 0.5) is 28.9 Å². The van der Waals surface area contributed by atoms with Crippen LogP contribution in [0.25, 0.3) is 11.1 Å². The van der Waals surface area contributed by atoms with Gasteiger partial charge < -0.3 is 4.90 Å². The second-order valence-corrected chi connectivity index (χ2v) is 11.7. The van der Waals surface area contributed by atoms with E-state index >= 15 is 4.39 Å². The molecule has 1 atom stereocenters. The molecule has 0 bridgehead atoms. The molecule has 1 heterocycles. The summed E-state index contributed by atoms with van der Waals surface area (Å²) in [6.45, 7) is 1.92. The Kier molecular flexibility index (Phi) is 8.34. The third-order valence-corrected chi connectivity index (χ3v) is 7.33. The summed E-state index contributed by atoms with van der Waals surface area (Å²) in [5.41, 5.74) is -0.829. The van der Waals surface area contributed by atoms with Crippen LogP contribution < -0.4 is 9.62 Å². The molecule has 0 aliphatic carbocycles. The second-order valence-electron chi connectivity index (χ2n) is 10.0. The molecule has 1 amide bonds. The number of amides is 1. The molecule has 4 rings (SSSR count). The van der Waals surface area contributed by atoms with E-state index in [1.54, 1.807) is 0 Å². The lowest BCUT2D eigenvalue weighted by atomic mass is 9.89. The lowest BCUT2D eigenvalue weighted by Crippen LogP contribution is -2.42. The van der Waals surface area contributed by atoms with E-state index in [9.17, 15) is 31.2 Å². The van der Waals surface area contributed by atoms with Crippen molar-refractivity contribution in [2.45, 2.75) is 38.8 Å². The minimum absolute atomic E-state index is 0.00126. The molecule has 3 aromatic carbocycles. The van der Waals surface area contributed by atoms with Gasteiger partial charge in [-0.2, -0.15) is 13.2 Å². The first kappa shape index (κ1) is 29.3.